The molecule has 2 aromatic heterocycles. The van der Waals surface area contributed by atoms with Gasteiger partial charge in [-0.25, -0.2) is 9.97 Å². The van der Waals surface area contributed by atoms with Gasteiger partial charge in [-0.15, -0.1) is 0 Å². The number of nitrogens with zero attached hydrogens (tertiary/aromatic N) is 3. The Hall–Kier alpha value is -4.89. The van der Waals surface area contributed by atoms with Crippen LogP contribution in [-0.2, 0) is 0 Å². The third-order valence-electron chi connectivity index (χ3n) is 6.75. The first-order valence-electron chi connectivity index (χ1n) is 12.0. The molecular formula is C33H21N3. The topological polar surface area (TPSA) is 38.7 Å². The first-order chi connectivity index (χ1) is 17.8. The second-order valence-electron chi connectivity index (χ2n) is 8.98. The monoisotopic (exact) mass is 459 g/mol. The van der Waals surface area contributed by atoms with Crippen molar-refractivity contribution in [3.8, 4) is 33.9 Å². The van der Waals surface area contributed by atoms with Crippen LogP contribution in [0.25, 0.3) is 66.2 Å². The third-order valence-corrected chi connectivity index (χ3v) is 6.75. The summed E-state index contributed by atoms with van der Waals surface area (Å²) in [4.78, 5) is 14.1. The Morgan fingerprint density at radius 3 is 1.78 bits per heavy atom. The average Bonchev–Trinajstić information content (AvgIpc) is 2.96. The van der Waals surface area contributed by atoms with Gasteiger partial charge in [0.05, 0.1) is 11.4 Å². The molecule has 2 heterocycles. The molecule has 0 amide bonds. The Balaban J connectivity index is 1.43. The molecule has 0 saturated heterocycles. The molecular weight excluding hydrogens is 438 g/mol. The van der Waals surface area contributed by atoms with Gasteiger partial charge >= 0.3 is 0 Å². The number of pyridine rings is 1. The summed E-state index contributed by atoms with van der Waals surface area (Å²) in [6.07, 6.45) is 3.56. The summed E-state index contributed by atoms with van der Waals surface area (Å²) in [6.45, 7) is 0. The molecule has 0 N–H and O–H groups in total. The van der Waals surface area contributed by atoms with E-state index >= 15 is 0 Å². The lowest BCUT2D eigenvalue weighted by molar-refractivity contribution is 1.18. The minimum absolute atomic E-state index is 0.691. The molecule has 0 spiro atoms. The van der Waals surface area contributed by atoms with Gasteiger partial charge in [-0.2, -0.15) is 0 Å². The molecule has 0 unspecified atom stereocenters. The van der Waals surface area contributed by atoms with Crippen molar-refractivity contribution in [1.82, 2.24) is 15.0 Å². The molecule has 0 atom stereocenters. The zero-order valence-electron chi connectivity index (χ0n) is 19.5. The summed E-state index contributed by atoms with van der Waals surface area (Å²) in [6, 6.07) is 40.4. The van der Waals surface area contributed by atoms with E-state index in [-0.39, 0.29) is 0 Å². The van der Waals surface area contributed by atoms with Crippen LogP contribution >= 0.6 is 0 Å². The fourth-order valence-electron chi connectivity index (χ4n) is 4.89. The van der Waals surface area contributed by atoms with Crippen LogP contribution in [0.4, 0.5) is 0 Å². The second kappa shape index (κ2) is 8.40. The molecule has 0 radical (unpaired) electrons. The average molecular weight is 460 g/mol. The first kappa shape index (κ1) is 20.5. The molecule has 3 heteroatoms. The van der Waals surface area contributed by atoms with E-state index in [1.165, 1.54) is 32.3 Å². The Morgan fingerprint density at radius 2 is 0.972 bits per heavy atom. The Labute approximate surface area is 208 Å². The highest BCUT2D eigenvalue weighted by Gasteiger charge is 2.12. The predicted octanol–water partition coefficient (Wildman–Crippen LogP) is 8.33. The minimum Gasteiger partial charge on any atom is -0.265 e. The van der Waals surface area contributed by atoms with E-state index in [0.717, 1.165) is 28.1 Å². The summed E-state index contributed by atoms with van der Waals surface area (Å²) >= 11 is 0. The maximum absolute atomic E-state index is 4.99. The highest BCUT2D eigenvalue weighted by Crippen LogP contribution is 2.32. The molecule has 0 aliphatic rings. The number of benzene rings is 5. The van der Waals surface area contributed by atoms with E-state index in [1.54, 1.807) is 12.4 Å². The zero-order valence-corrected chi connectivity index (χ0v) is 19.5. The van der Waals surface area contributed by atoms with Gasteiger partial charge in [0.25, 0.3) is 0 Å². The molecule has 0 bridgehead atoms. The van der Waals surface area contributed by atoms with Gasteiger partial charge in [0, 0.05) is 29.1 Å². The van der Waals surface area contributed by atoms with Crippen LogP contribution in [0.1, 0.15) is 0 Å². The van der Waals surface area contributed by atoms with E-state index in [9.17, 15) is 0 Å². The van der Waals surface area contributed by atoms with E-state index < -0.39 is 0 Å². The Morgan fingerprint density at radius 1 is 0.389 bits per heavy atom. The van der Waals surface area contributed by atoms with Crippen LogP contribution < -0.4 is 0 Å². The van der Waals surface area contributed by atoms with Gasteiger partial charge in [0.15, 0.2) is 5.82 Å². The molecule has 7 rings (SSSR count). The van der Waals surface area contributed by atoms with Crippen molar-refractivity contribution in [2.24, 2.45) is 0 Å². The molecule has 168 valence electrons. The zero-order chi connectivity index (χ0) is 23.9. The minimum atomic E-state index is 0.691. The van der Waals surface area contributed by atoms with Crippen LogP contribution in [0.5, 0.6) is 0 Å². The number of hydrogen-bond acceptors (Lipinski definition) is 3. The number of rotatable bonds is 3. The van der Waals surface area contributed by atoms with Crippen molar-refractivity contribution in [3.05, 3.63) is 128 Å². The van der Waals surface area contributed by atoms with E-state index in [4.69, 9.17) is 9.97 Å². The van der Waals surface area contributed by atoms with Crippen molar-refractivity contribution < 1.29 is 0 Å². The molecule has 0 aliphatic heterocycles. The fourth-order valence-corrected chi connectivity index (χ4v) is 4.89. The standard InChI is InChI=1S/C33H21N3/c1-2-7-25-19-27(12-9-22(25)5-1)31-21-32(36-33(35-31)24-15-17-34-18-16-24)28-13-14-30-26(20-28)11-10-23-6-3-4-8-29(23)30/h1-21H. The molecule has 5 aromatic carbocycles. The summed E-state index contributed by atoms with van der Waals surface area (Å²) < 4.78 is 0. The van der Waals surface area contributed by atoms with E-state index in [0.29, 0.717) is 5.82 Å². The normalized spacial score (nSPS) is 11.3. The smallest absolute Gasteiger partial charge is 0.160 e. The highest BCUT2D eigenvalue weighted by molar-refractivity contribution is 6.08. The molecule has 0 aliphatic carbocycles. The van der Waals surface area contributed by atoms with Crippen LogP contribution in [-0.4, -0.2) is 15.0 Å². The molecule has 36 heavy (non-hydrogen) atoms. The van der Waals surface area contributed by atoms with Gasteiger partial charge in [-0.1, -0.05) is 84.9 Å². The lowest BCUT2D eigenvalue weighted by atomic mass is 9.98. The van der Waals surface area contributed by atoms with Crippen LogP contribution in [0, 0.1) is 0 Å². The van der Waals surface area contributed by atoms with Crippen molar-refractivity contribution in [1.29, 1.82) is 0 Å². The van der Waals surface area contributed by atoms with Gasteiger partial charge in [0.1, 0.15) is 0 Å². The molecule has 0 fully saturated rings. The lowest BCUT2D eigenvalue weighted by Crippen LogP contribution is -1.96. The molecule has 0 saturated carbocycles. The SMILES string of the molecule is c1ccc2cc(-c3cc(-c4ccc5c(ccc6ccccc65)c4)nc(-c4ccncc4)n3)ccc2c1. The quantitative estimate of drug-likeness (QED) is 0.249. The van der Waals surface area contributed by atoms with Crippen LogP contribution in [0.2, 0.25) is 0 Å². The summed E-state index contributed by atoms with van der Waals surface area (Å²) in [5.41, 5.74) is 4.88. The molecule has 7 aromatic rings. The Kier molecular flexibility index (Phi) is 4.78. The van der Waals surface area contributed by atoms with Gasteiger partial charge in [-0.05, 0) is 62.6 Å². The van der Waals surface area contributed by atoms with Gasteiger partial charge in [0.2, 0.25) is 0 Å². The van der Waals surface area contributed by atoms with Crippen molar-refractivity contribution in [2.45, 2.75) is 0 Å². The largest absolute Gasteiger partial charge is 0.265 e. The third kappa shape index (κ3) is 3.58. The van der Waals surface area contributed by atoms with Crippen molar-refractivity contribution in [3.63, 3.8) is 0 Å². The Bertz CT molecular complexity index is 1890. The van der Waals surface area contributed by atoms with Gasteiger partial charge in [-0.3, -0.25) is 4.98 Å². The summed E-state index contributed by atoms with van der Waals surface area (Å²) in [5.74, 6) is 0.691. The van der Waals surface area contributed by atoms with Crippen LogP contribution in [0.15, 0.2) is 128 Å². The van der Waals surface area contributed by atoms with Crippen molar-refractivity contribution in [2.75, 3.05) is 0 Å². The fraction of sp³-hybridized carbons (Fsp3) is 0. The highest BCUT2D eigenvalue weighted by atomic mass is 14.9. The van der Waals surface area contributed by atoms with E-state index in [2.05, 4.69) is 108 Å². The summed E-state index contributed by atoms with van der Waals surface area (Å²) in [7, 11) is 0. The van der Waals surface area contributed by atoms with E-state index in [1.807, 2.05) is 12.1 Å². The maximum atomic E-state index is 4.99. The summed E-state index contributed by atoms with van der Waals surface area (Å²) in [5, 5.41) is 7.36. The number of aromatic nitrogens is 3. The molecule has 3 nitrogen and oxygen atoms in total. The number of fused-ring (bicyclic) bond motifs is 4. The first-order valence-corrected chi connectivity index (χ1v) is 12.0. The van der Waals surface area contributed by atoms with Crippen molar-refractivity contribution >= 4 is 32.3 Å². The maximum Gasteiger partial charge on any atom is 0.160 e. The predicted molar refractivity (Wildman–Crippen MR) is 149 cm³/mol. The van der Waals surface area contributed by atoms with Crippen LogP contribution in [0.3, 0.4) is 0 Å². The van der Waals surface area contributed by atoms with Gasteiger partial charge < -0.3 is 0 Å². The number of hydrogen-bond donors (Lipinski definition) is 0. The second-order valence-corrected chi connectivity index (χ2v) is 8.98. The lowest BCUT2D eigenvalue weighted by Gasteiger charge is -2.11.